The third-order valence-corrected chi connectivity index (χ3v) is 15.9. The molecule has 0 spiro atoms. The molecule has 5 heterocycles. The van der Waals surface area contributed by atoms with E-state index in [0.717, 1.165) is 84.8 Å². The zero-order valence-corrected chi connectivity index (χ0v) is 39.7. The van der Waals surface area contributed by atoms with Gasteiger partial charge in [0.1, 0.15) is 36.9 Å². The van der Waals surface area contributed by atoms with Gasteiger partial charge in [-0.2, -0.15) is 8.62 Å². The van der Waals surface area contributed by atoms with Gasteiger partial charge in [0, 0.05) is 77.9 Å². The molecule has 0 saturated carbocycles. The minimum absolute atomic E-state index is 0.0141. The van der Waals surface area contributed by atoms with Crippen molar-refractivity contribution in [1.82, 2.24) is 19.4 Å². The Morgan fingerprint density at radius 2 is 1.72 bits per heavy atom. The van der Waals surface area contributed by atoms with Crippen LogP contribution in [0.3, 0.4) is 0 Å². The molecule has 4 aliphatic rings. The number of hydrogen-bond acceptors (Lipinski definition) is 14. The van der Waals surface area contributed by atoms with Crippen LogP contribution in [-0.2, 0) is 44.4 Å². The minimum Gasteiger partial charge on any atom is -0.478 e. The lowest BCUT2D eigenvalue weighted by Gasteiger charge is -2.32. The summed E-state index contributed by atoms with van der Waals surface area (Å²) in [6.45, 7) is 6.48. The number of aliphatic hydroxyl groups excluding tert-OH is 1. The van der Waals surface area contributed by atoms with Crippen molar-refractivity contribution in [2.24, 2.45) is 0 Å². The molecule has 368 valence electrons. The molecule has 1 fully saturated rings. The van der Waals surface area contributed by atoms with Crippen molar-refractivity contribution in [3.63, 3.8) is 0 Å². The summed E-state index contributed by atoms with van der Waals surface area (Å²) in [6, 6.07) is 12.6. The van der Waals surface area contributed by atoms with Gasteiger partial charge in [0.2, 0.25) is 5.36 Å². The summed E-state index contributed by atoms with van der Waals surface area (Å²) < 4.78 is 62.1. The average Bonchev–Trinajstić information content (AvgIpc) is 3.65. The number of H-pyrrole nitrogens is 1. The molecule has 1 amide bonds. The number of aromatic amines is 1. The monoisotopic (exact) mass is 1020 g/mol. The van der Waals surface area contributed by atoms with E-state index in [4.69, 9.17) is 19.3 Å². The molecule has 4 aliphatic heterocycles. The van der Waals surface area contributed by atoms with Crippen LogP contribution in [0.25, 0.3) is 11.6 Å². The van der Waals surface area contributed by atoms with E-state index in [0.29, 0.717) is 33.4 Å². The van der Waals surface area contributed by atoms with Crippen LogP contribution in [0.5, 0.6) is 11.5 Å². The summed E-state index contributed by atoms with van der Waals surface area (Å²) in [5, 5.41) is 25.7. The zero-order valence-electron chi connectivity index (χ0n) is 37.0. The van der Waals surface area contributed by atoms with Crippen LogP contribution in [0.4, 0.5) is 5.69 Å². The number of hydrogen-bond donors (Lipinski definition) is 8. The lowest BCUT2D eigenvalue weighted by Crippen LogP contribution is -2.39. The Kier molecular flexibility index (Phi) is 14.3. The molecule has 0 bridgehead atoms. The Morgan fingerprint density at radius 1 is 0.957 bits per heavy atom. The first-order valence-corrected chi connectivity index (χ1v) is 26.3. The Morgan fingerprint density at radius 3 is 2.45 bits per heavy atom. The zero-order chi connectivity index (χ0) is 49.6. The second-order valence-corrected chi connectivity index (χ2v) is 21.0. The standard InChI is InChI=1S/C43H48N5O18P3/c1-3-46-14-6-9-24-16-30-35(19-32(24)46)63-36-20-33-25(10-7-15-47(33)4-2)17-31(36)39(30)29-18-26(11-12-28(29)42(52)53)40(50)44-13-5-8-27-22-48(43(54)45-41(27)51)38-21-34(49)37(64-38)23-62-68(58,59)66-69(60,61)65-67(55,56)57/h5,8,11-12,16-20,22,34,37-38,49H,3-4,6-7,9-10,13-15,21,23H2,1-2H3,(H6-,44,45,50,51,52,53,54,55,56,57,58,59,60,61)/p+1/b8-5+/t34-,37+,38+/m0/s1. The molecule has 69 heavy (non-hydrogen) atoms. The lowest BCUT2D eigenvalue weighted by molar-refractivity contribution is -0.0450. The Hall–Kier alpha value is -5.38. The number of amides is 1. The van der Waals surface area contributed by atoms with Crippen LogP contribution in [0.2, 0.25) is 0 Å². The number of anilines is 1. The van der Waals surface area contributed by atoms with Crippen molar-refractivity contribution < 1.29 is 75.7 Å². The SMILES string of the molecule is CCN1CCCc2cc3c(cc21)Oc1cc2c(cc1=C3c1cc(C(=O)NC/C=C/c3cn([C@H]4C[C@H](O)[C@@H](COP(=O)(O)OP(=O)(O)OP(=O)(O)O)O4)c(=O)[nH]c3=O)ccc1C(=O)O)CCC[N+]=2CC. The van der Waals surface area contributed by atoms with E-state index in [-0.39, 0.29) is 29.7 Å². The maximum absolute atomic E-state index is 13.8. The van der Waals surface area contributed by atoms with Crippen molar-refractivity contribution in [1.29, 1.82) is 0 Å². The number of carbonyl (C=O) groups is 2. The van der Waals surface area contributed by atoms with Crippen molar-refractivity contribution in [3.05, 3.63) is 125 Å². The van der Waals surface area contributed by atoms with Crippen LogP contribution < -0.4 is 41.4 Å². The number of carboxylic acids is 1. The minimum atomic E-state index is -5.81. The maximum Gasteiger partial charge on any atom is 0.490 e. The Labute approximate surface area is 392 Å². The summed E-state index contributed by atoms with van der Waals surface area (Å²) in [4.78, 5) is 93.4. The van der Waals surface area contributed by atoms with Crippen LogP contribution in [-0.4, -0.2) is 103 Å². The first kappa shape index (κ1) is 50.0. The van der Waals surface area contributed by atoms with E-state index in [1.807, 2.05) is 12.1 Å². The van der Waals surface area contributed by atoms with Gasteiger partial charge in [-0.1, -0.05) is 12.2 Å². The number of nitrogens with one attached hydrogen (secondary N) is 2. The number of aromatic carboxylic acids is 1. The van der Waals surface area contributed by atoms with Gasteiger partial charge in [0.15, 0.2) is 0 Å². The van der Waals surface area contributed by atoms with Crippen molar-refractivity contribution >= 4 is 52.7 Å². The molecule has 0 radical (unpaired) electrons. The van der Waals surface area contributed by atoms with E-state index in [1.54, 1.807) is 6.07 Å². The number of aryl methyl sites for hydroxylation is 2. The number of carbonyl (C=O) groups excluding carboxylic acids is 1. The quantitative estimate of drug-likeness (QED) is 0.0519. The Balaban J connectivity index is 1.03. The number of rotatable bonds is 16. The molecule has 2 unspecified atom stereocenters. The molecular formula is C43H49N5O18P3+. The third kappa shape index (κ3) is 11.0. The molecule has 0 aliphatic carbocycles. The number of aliphatic hydroxyl groups is 1. The van der Waals surface area contributed by atoms with Crippen LogP contribution in [0.15, 0.2) is 64.3 Å². The molecule has 5 atom stereocenters. The number of benzene rings is 3. The van der Waals surface area contributed by atoms with Crippen LogP contribution in [0, 0.1) is 0 Å². The molecule has 1 saturated heterocycles. The topological polar surface area (TPSA) is 326 Å². The number of carboxylic acid groups (broad SMARTS) is 1. The van der Waals surface area contributed by atoms with Gasteiger partial charge >= 0.3 is 35.1 Å². The first-order chi connectivity index (χ1) is 32.6. The molecule has 1 aromatic heterocycles. The van der Waals surface area contributed by atoms with Crippen molar-refractivity contribution in [2.75, 3.05) is 44.2 Å². The number of ether oxygens (including phenoxy) is 2. The number of phosphoric acid groups is 3. The largest absolute Gasteiger partial charge is 0.490 e. The second-order valence-electron chi connectivity index (χ2n) is 16.5. The van der Waals surface area contributed by atoms with Crippen LogP contribution >= 0.6 is 23.5 Å². The first-order valence-electron chi connectivity index (χ1n) is 21.8. The number of nitrogens with zero attached hydrogens (tertiary/aromatic N) is 3. The van der Waals surface area contributed by atoms with Gasteiger partial charge in [0.05, 0.1) is 29.9 Å². The molecule has 8 rings (SSSR count). The highest BCUT2D eigenvalue weighted by molar-refractivity contribution is 7.66. The normalized spacial score (nSPS) is 20.6. The lowest BCUT2D eigenvalue weighted by atomic mass is 9.85. The van der Waals surface area contributed by atoms with Gasteiger partial charge in [-0.25, -0.2) is 27.9 Å². The summed E-state index contributed by atoms with van der Waals surface area (Å²) in [7, 11) is -17.0. The molecule has 23 nitrogen and oxygen atoms in total. The molecule has 26 heteroatoms. The fourth-order valence-electron chi connectivity index (χ4n) is 9.01. The maximum atomic E-state index is 13.8. The second kappa shape index (κ2) is 19.8. The fourth-order valence-corrected chi connectivity index (χ4v) is 12.0. The predicted molar refractivity (Wildman–Crippen MR) is 245 cm³/mol. The van der Waals surface area contributed by atoms with E-state index >= 15 is 0 Å². The van der Waals surface area contributed by atoms with Gasteiger partial charge in [-0.3, -0.25) is 23.7 Å². The van der Waals surface area contributed by atoms with E-state index in [2.05, 4.69) is 58.9 Å². The Bertz CT molecular complexity index is 3180. The molecule has 3 aromatic carbocycles. The molecule has 4 aromatic rings. The smallest absolute Gasteiger partial charge is 0.478 e. The van der Waals surface area contributed by atoms with E-state index < -0.39 is 71.6 Å². The van der Waals surface area contributed by atoms with Crippen molar-refractivity contribution in [3.8, 4) is 11.5 Å². The average molecular weight is 1020 g/mol. The summed E-state index contributed by atoms with van der Waals surface area (Å²) >= 11 is 0. The highest BCUT2D eigenvalue weighted by Gasteiger charge is 2.43. The fraction of sp³-hybridized carbons (Fsp3) is 0.372. The summed E-state index contributed by atoms with van der Waals surface area (Å²) in [6.07, 6.45) is 2.86. The van der Waals surface area contributed by atoms with Gasteiger partial charge < -0.3 is 49.5 Å². The number of aromatic nitrogens is 2. The third-order valence-electron chi connectivity index (χ3n) is 12.1. The van der Waals surface area contributed by atoms with Gasteiger partial charge in [-0.15, -0.1) is 0 Å². The van der Waals surface area contributed by atoms with Gasteiger partial charge in [0.25, 0.3) is 11.5 Å². The van der Waals surface area contributed by atoms with Crippen molar-refractivity contribution in [2.45, 2.75) is 64.4 Å². The van der Waals surface area contributed by atoms with E-state index in [1.165, 1.54) is 24.3 Å². The highest BCUT2D eigenvalue weighted by atomic mass is 31.3. The van der Waals surface area contributed by atoms with Crippen LogP contribution in [0.1, 0.15) is 87.9 Å². The predicted octanol–water partition coefficient (Wildman–Crippen LogP) is 2.25. The number of phosphoric ester groups is 1. The summed E-state index contributed by atoms with van der Waals surface area (Å²) in [5.41, 5.74) is 3.22. The molecular weight excluding hydrogens is 967 g/mol. The van der Waals surface area contributed by atoms with Gasteiger partial charge in [-0.05, 0) is 74.6 Å². The molecule has 8 N–H and O–H groups in total. The summed E-state index contributed by atoms with van der Waals surface area (Å²) in [5.74, 6) is -0.590. The van der Waals surface area contributed by atoms with E-state index in [9.17, 15) is 52.9 Å². The highest BCUT2D eigenvalue weighted by Crippen LogP contribution is 2.66. The number of fused-ring (bicyclic) bond motifs is 4.